The van der Waals surface area contributed by atoms with Crippen molar-refractivity contribution < 1.29 is 98.5 Å². The zero-order chi connectivity index (χ0) is 61.2. The molecule has 0 aliphatic rings. The van der Waals surface area contributed by atoms with Gasteiger partial charge < -0.3 is 72.5 Å². The maximum Gasteiger partial charge on any atom is 0.326 e. The van der Waals surface area contributed by atoms with Crippen LogP contribution in [-0.2, 0) is 82.2 Å². The van der Waals surface area contributed by atoms with E-state index >= 15 is 0 Å². The molecule has 81 heavy (non-hydrogen) atoms. The Morgan fingerprint density at radius 3 is 1.54 bits per heavy atom. The number of carboxylic acid groups (broad SMARTS) is 2. The van der Waals surface area contributed by atoms with E-state index in [9.17, 15) is 79.5 Å². The average molecular weight is 1200 g/mol. The molecule has 0 spiro atoms. The number of nitrogens with one attached hydrogen (secondary N) is 7. The quantitative estimate of drug-likeness (QED) is 0.0192. The van der Waals surface area contributed by atoms with Gasteiger partial charge in [0.05, 0.1) is 51.1 Å². The molecular formula is C49H81N9O21S2. The predicted octanol–water partition coefficient (Wildman–Crippen LogP) is -1.92. The number of carbonyl (C=O) groups is 10. The van der Waals surface area contributed by atoms with Crippen LogP contribution in [0.2, 0.25) is 0 Å². The van der Waals surface area contributed by atoms with Gasteiger partial charge in [-0.05, 0) is 80.0 Å². The number of ether oxygens (including phenoxy) is 4. The van der Waals surface area contributed by atoms with Crippen molar-refractivity contribution in [2.24, 2.45) is 16.6 Å². The third kappa shape index (κ3) is 37.1. The van der Waals surface area contributed by atoms with Crippen LogP contribution in [0.25, 0.3) is 0 Å². The maximum atomic E-state index is 12.6. The van der Waals surface area contributed by atoms with Gasteiger partial charge in [0, 0.05) is 56.6 Å². The van der Waals surface area contributed by atoms with Crippen LogP contribution in [-0.4, -0.2) is 193 Å². The number of nitrogens with two attached hydrogens (primary N) is 2. The summed E-state index contributed by atoms with van der Waals surface area (Å²) in [5.74, 6) is -9.14. The second-order valence-corrected chi connectivity index (χ2v) is 23.6. The topological polar surface area (TPSA) is 473 Å². The number of primary amides is 1. The number of nitrogen functional groups attached to an aromatic ring is 1. The largest absolute Gasteiger partial charge is 0.480 e. The second-order valence-electron chi connectivity index (χ2n) is 20.3. The normalized spacial score (nSPS) is 12.9. The molecule has 0 fully saturated rings. The Hall–Kier alpha value is -6.58. The fourth-order valence-electron chi connectivity index (χ4n) is 7.99. The minimum Gasteiger partial charge on any atom is -0.480 e. The molecule has 14 N–H and O–H groups in total. The molecule has 0 saturated carbocycles. The van der Waals surface area contributed by atoms with Crippen molar-refractivity contribution in [2.45, 2.75) is 116 Å². The van der Waals surface area contributed by atoms with Gasteiger partial charge in [0.25, 0.3) is 16.0 Å². The van der Waals surface area contributed by atoms with Crippen molar-refractivity contribution in [3.63, 3.8) is 0 Å². The second kappa shape index (κ2) is 37.4. The van der Waals surface area contributed by atoms with Crippen LogP contribution in [0.5, 0.6) is 0 Å². The molecule has 0 radical (unpaired) electrons. The molecule has 30 nitrogen and oxygen atoms in total. The molecule has 1 rings (SSSR count). The van der Waals surface area contributed by atoms with E-state index in [1.807, 2.05) is 4.72 Å². The van der Waals surface area contributed by atoms with Crippen molar-refractivity contribution in [1.82, 2.24) is 36.6 Å². The summed E-state index contributed by atoms with van der Waals surface area (Å²) in [7, 11) is -8.36. The fraction of sp³-hybridized carbons (Fsp3) is 0.673. The van der Waals surface area contributed by atoms with Crippen molar-refractivity contribution in [3.8, 4) is 0 Å². The van der Waals surface area contributed by atoms with Gasteiger partial charge in [0.1, 0.15) is 31.3 Å². The van der Waals surface area contributed by atoms with Crippen LogP contribution >= 0.6 is 0 Å². The van der Waals surface area contributed by atoms with Crippen molar-refractivity contribution in [3.05, 3.63) is 29.8 Å². The molecule has 3 atom stereocenters. The number of hydrogen-bond acceptors (Lipinski definition) is 19. The van der Waals surface area contributed by atoms with E-state index in [2.05, 4.69) is 31.9 Å². The zero-order valence-corrected chi connectivity index (χ0v) is 47.8. The number of rotatable bonds is 45. The summed E-state index contributed by atoms with van der Waals surface area (Å²) in [4.78, 5) is 122. The summed E-state index contributed by atoms with van der Waals surface area (Å²) in [5, 5.41) is 33.9. The number of sulfonamides is 1. The third-order valence-electron chi connectivity index (χ3n) is 11.2. The maximum absolute atomic E-state index is 12.6. The molecule has 0 saturated heterocycles. The first kappa shape index (κ1) is 72.4. The third-order valence-corrected chi connectivity index (χ3v) is 13.8. The number of carboxylic acids is 2. The summed E-state index contributed by atoms with van der Waals surface area (Å²) < 4.78 is 79.7. The molecule has 1 aromatic carbocycles. The van der Waals surface area contributed by atoms with Crippen LogP contribution in [0.3, 0.4) is 0 Å². The van der Waals surface area contributed by atoms with Gasteiger partial charge in [-0.2, -0.15) is 8.42 Å². The zero-order valence-electron chi connectivity index (χ0n) is 46.2. The molecule has 0 heterocycles. The van der Waals surface area contributed by atoms with E-state index < -0.39 is 133 Å². The van der Waals surface area contributed by atoms with Gasteiger partial charge in [0.15, 0.2) is 0 Å². The van der Waals surface area contributed by atoms with E-state index in [1.165, 1.54) is 0 Å². The summed E-state index contributed by atoms with van der Waals surface area (Å²) in [6, 6.07) is 2.43. The minimum atomic E-state index is -4.27. The summed E-state index contributed by atoms with van der Waals surface area (Å²) in [6.07, 6.45) is -0.657. The first-order valence-corrected chi connectivity index (χ1v) is 29.1. The molecule has 0 aliphatic carbocycles. The molecule has 32 heteroatoms. The van der Waals surface area contributed by atoms with E-state index in [-0.39, 0.29) is 110 Å². The number of anilines is 1. The Balaban J connectivity index is 2.22. The first-order valence-electron chi connectivity index (χ1n) is 25.9. The number of carbonyl (C=O) groups excluding carboxylic acids is 8. The van der Waals surface area contributed by atoms with Crippen LogP contribution in [0, 0.1) is 10.8 Å². The Labute approximate surface area is 471 Å². The molecule has 8 amide bonds. The standard InChI is InChI=1S/C49H81N9O21S2/c1-48(2,31-49(3,4)32-81(73,74)75)28-41(62)58-80(71,72)27-7-9-38(59)52-19-21-76-24-26-79-30-43(64)57-37(47(69)70)15-17-40(61)56-36(46(67)68)14-16-39(60)53-20-22-77-23-25-78-29-42(63)55-35(44(51)65)8-5-6-18-54-45(66)33-10-12-34(50)13-11-33/h10-13,35-37H,5-9,14-32,50H2,1-4H3,(H2,51,65)(H,52,59)(H,53,60)(H,54,66)(H,55,63)(H,56,61)(H,57,64)(H,58,62)(H,67,68)(H,69,70)(H,73,74,75). The van der Waals surface area contributed by atoms with Crippen molar-refractivity contribution in [1.29, 1.82) is 0 Å². The van der Waals surface area contributed by atoms with Gasteiger partial charge in [-0.3, -0.25) is 47.6 Å². The monoisotopic (exact) mass is 1200 g/mol. The molecule has 3 unspecified atom stereocenters. The van der Waals surface area contributed by atoms with E-state index in [1.54, 1.807) is 52.0 Å². The SMILES string of the molecule is CC(C)(CC(=O)NS(=O)(=O)CCCC(=O)NCCOCCOCC(=O)NC(CCC(=O)NC(CCC(=O)NCCOCCOCC(=O)NC(CCCCNC(=O)c1ccc(N)cc1)C(N)=O)C(=O)O)C(=O)O)CC(C)(C)CS(=O)(=O)O. The average Bonchev–Trinajstić information content (AvgIpc) is 3.33. The Bertz CT molecular complexity index is 2460. The Morgan fingerprint density at radius 1 is 0.556 bits per heavy atom. The van der Waals surface area contributed by atoms with Crippen LogP contribution < -0.4 is 48.1 Å². The van der Waals surface area contributed by atoms with Crippen LogP contribution in [0.4, 0.5) is 5.69 Å². The highest BCUT2D eigenvalue weighted by Crippen LogP contribution is 2.37. The molecule has 0 bridgehead atoms. The van der Waals surface area contributed by atoms with E-state index in [4.69, 9.17) is 30.4 Å². The van der Waals surface area contributed by atoms with Gasteiger partial charge in [-0.15, -0.1) is 0 Å². The minimum absolute atomic E-state index is 0.00946. The molecule has 1 aromatic rings. The summed E-state index contributed by atoms with van der Waals surface area (Å²) in [5.41, 5.74) is 10.3. The first-order chi connectivity index (χ1) is 37.8. The summed E-state index contributed by atoms with van der Waals surface area (Å²) >= 11 is 0. The lowest BCUT2D eigenvalue weighted by Crippen LogP contribution is -2.45. The Morgan fingerprint density at radius 2 is 1.04 bits per heavy atom. The summed E-state index contributed by atoms with van der Waals surface area (Å²) in [6.45, 7) is 5.87. The Kier molecular flexibility index (Phi) is 33.5. The van der Waals surface area contributed by atoms with Gasteiger partial charge in [-0.25, -0.2) is 18.0 Å². The number of unbranched alkanes of at least 4 members (excludes halogenated alkanes) is 1. The van der Waals surface area contributed by atoms with Crippen molar-refractivity contribution >= 4 is 85.0 Å². The number of benzene rings is 1. The van der Waals surface area contributed by atoms with Crippen LogP contribution in [0.15, 0.2) is 24.3 Å². The highest BCUT2D eigenvalue weighted by Gasteiger charge is 2.34. The van der Waals surface area contributed by atoms with Gasteiger partial charge in [0.2, 0.25) is 51.4 Å². The van der Waals surface area contributed by atoms with E-state index in [0.29, 0.717) is 30.6 Å². The molecule has 0 aliphatic heterocycles. The lowest BCUT2D eigenvalue weighted by Gasteiger charge is -2.33. The van der Waals surface area contributed by atoms with Crippen LogP contribution in [0.1, 0.15) is 109 Å². The lowest BCUT2D eigenvalue weighted by atomic mass is 9.74. The number of hydrogen-bond donors (Lipinski definition) is 12. The lowest BCUT2D eigenvalue weighted by molar-refractivity contribution is -0.144. The van der Waals surface area contributed by atoms with Gasteiger partial charge >= 0.3 is 11.9 Å². The smallest absolute Gasteiger partial charge is 0.326 e. The number of amides is 8. The number of aliphatic carboxylic acids is 2. The predicted molar refractivity (Wildman–Crippen MR) is 289 cm³/mol. The van der Waals surface area contributed by atoms with Crippen molar-refractivity contribution in [2.75, 3.05) is 89.7 Å². The van der Waals surface area contributed by atoms with E-state index in [0.717, 1.165) is 0 Å². The molecule has 460 valence electrons. The molecular weight excluding hydrogens is 1110 g/mol. The molecule has 0 aromatic heterocycles. The fourth-order valence-corrected chi connectivity index (χ4v) is 10.1. The van der Waals surface area contributed by atoms with Gasteiger partial charge in [-0.1, -0.05) is 27.7 Å². The highest BCUT2D eigenvalue weighted by atomic mass is 32.2. The highest BCUT2D eigenvalue weighted by molar-refractivity contribution is 7.90.